The molecule has 5 heteroatoms. The smallest absolute Gasteiger partial charge is 0.251 e. The van der Waals surface area contributed by atoms with E-state index in [1.807, 2.05) is 44.2 Å². The van der Waals surface area contributed by atoms with Gasteiger partial charge in [0.15, 0.2) is 0 Å². The van der Waals surface area contributed by atoms with Gasteiger partial charge in [-0.05, 0) is 22.8 Å². The summed E-state index contributed by atoms with van der Waals surface area (Å²) in [5, 5.41) is 16.2. The molecular weight excluding hydrogens is 302 g/mol. The van der Waals surface area contributed by atoms with Gasteiger partial charge in [0.05, 0.1) is 18.2 Å². The highest BCUT2D eigenvalue weighted by Gasteiger charge is 2.40. The maximum atomic E-state index is 12.5. The number of nitrogens with one attached hydrogen (secondary N) is 2. The summed E-state index contributed by atoms with van der Waals surface area (Å²) in [5.74, 6) is -0.401. The summed E-state index contributed by atoms with van der Waals surface area (Å²) >= 11 is 0. The molecule has 0 spiro atoms. The molecule has 5 nitrogen and oxygen atoms in total. The molecule has 0 aliphatic heterocycles. The fourth-order valence-electron chi connectivity index (χ4n) is 3.20. The van der Waals surface area contributed by atoms with Crippen molar-refractivity contribution in [1.29, 1.82) is 0 Å². The number of rotatable bonds is 4. The molecule has 0 saturated heterocycles. The van der Waals surface area contributed by atoms with Crippen LogP contribution < -0.4 is 5.32 Å². The summed E-state index contributed by atoms with van der Waals surface area (Å²) in [6, 6.07) is 11.4. The molecule has 1 unspecified atom stereocenters. The van der Waals surface area contributed by atoms with Crippen molar-refractivity contribution in [1.82, 2.24) is 15.3 Å². The van der Waals surface area contributed by atoms with Crippen LogP contribution in [0.25, 0.3) is 10.8 Å². The number of carbonyl (C=O) groups excluding carboxylic acids is 1. The number of hydrogen-bond acceptors (Lipinski definition) is 3. The standard InChI is InChI=1S/C19H21N3O2/c1-12(2)19(24,16-10-21-11-22-16)17-14-7-5-4-6-13(14)8-9-15(17)18(23)20-3/h4-12,24H,1-3H3,(H,20,23)(H,21,22). The predicted octanol–water partition coefficient (Wildman–Crippen LogP) is 2.81. The third-order valence-corrected chi connectivity index (χ3v) is 4.53. The first-order valence-electron chi connectivity index (χ1n) is 7.95. The number of aromatic amines is 1. The molecule has 0 aliphatic rings. The van der Waals surface area contributed by atoms with Gasteiger partial charge in [-0.1, -0.05) is 44.2 Å². The Balaban J connectivity index is 2.43. The van der Waals surface area contributed by atoms with E-state index in [0.29, 0.717) is 16.8 Å². The monoisotopic (exact) mass is 323 g/mol. The number of carbonyl (C=O) groups is 1. The lowest BCUT2D eigenvalue weighted by atomic mass is 9.76. The lowest BCUT2D eigenvalue weighted by Gasteiger charge is -2.34. The Morgan fingerprint density at radius 3 is 2.62 bits per heavy atom. The molecular formula is C19H21N3O2. The van der Waals surface area contributed by atoms with Gasteiger partial charge in [0.25, 0.3) is 5.91 Å². The van der Waals surface area contributed by atoms with E-state index in [-0.39, 0.29) is 11.8 Å². The number of nitrogens with zero attached hydrogens (tertiary/aromatic N) is 1. The van der Waals surface area contributed by atoms with E-state index in [0.717, 1.165) is 10.8 Å². The van der Waals surface area contributed by atoms with Gasteiger partial charge < -0.3 is 15.4 Å². The second-order valence-corrected chi connectivity index (χ2v) is 6.17. The first kappa shape index (κ1) is 16.2. The van der Waals surface area contributed by atoms with Gasteiger partial charge in [-0.2, -0.15) is 0 Å². The lowest BCUT2D eigenvalue weighted by Crippen LogP contribution is -2.37. The highest BCUT2D eigenvalue weighted by Crippen LogP contribution is 2.41. The number of H-pyrrole nitrogens is 1. The molecule has 3 aromatic rings. The van der Waals surface area contributed by atoms with Crippen molar-refractivity contribution in [3.8, 4) is 0 Å². The SMILES string of the molecule is CNC(=O)c1ccc2ccccc2c1C(O)(c1cnc[nH]1)C(C)C. The Morgan fingerprint density at radius 2 is 2.00 bits per heavy atom. The zero-order valence-corrected chi connectivity index (χ0v) is 14.0. The van der Waals surface area contributed by atoms with E-state index in [4.69, 9.17) is 0 Å². The van der Waals surface area contributed by atoms with Gasteiger partial charge in [0.2, 0.25) is 0 Å². The molecule has 24 heavy (non-hydrogen) atoms. The number of amides is 1. The van der Waals surface area contributed by atoms with E-state index < -0.39 is 5.60 Å². The Bertz CT molecular complexity index is 871. The van der Waals surface area contributed by atoms with Crippen LogP contribution in [0.1, 0.15) is 35.5 Å². The van der Waals surface area contributed by atoms with Crippen molar-refractivity contribution in [2.75, 3.05) is 7.05 Å². The van der Waals surface area contributed by atoms with Gasteiger partial charge in [0, 0.05) is 18.2 Å². The molecule has 1 aromatic heterocycles. The maximum Gasteiger partial charge on any atom is 0.251 e. The second kappa shape index (κ2) is 6.09. The first-order valence-corrected chi connectivity index (χ1v) is 7.95. The highest BCUT2D eigenvalue weighted by atomic mass is 16.3. The minimum absolute atomic E-state index is 0.174. The Labute approximate surface area is 140 Å². The fraction of sp³-hybridized carbons (Fsp3) is 0.263. The van der Waals surface area contributed by atoms with Crippen LogP contribution in [0.5, 0.6) is 0 Å². The zero-order valence-electron chi connectivity index (χ0n) is 14.0. The van der Waals surface area contributed by atoms with Crippen LogP contribution in [0, 0.1) is 5.92 Å². The average Bonchev–Trinajstić information content (AvgIpc) is 3.14. The van der Waals surface area contributed by atoms with E-state index in [9.17, 15) is 9.90 Å². The van der Waals surface area contributed by atoms with Crippen LogP contribution in [0.15, 0.2) is 48.9 Å². The van der Waals surface area contributed by atoms with Gasteiger partial charge in [0.1, 0.15) is 5.60 Å². The number of aromatic nitrogens is 2. The van der Waals surface area contributed by atoms with Crippen molar-refractivity contribution in [2.45, 2.75) is 19.4 Å². The molecule has 0 radical (unpaired) electrons. The molecule has 0 saturated carbocycles. The molecule has 1 atom stereocenters. The number of fused-ring (bicyclic) bond motifs is 1. The van der Waals surface area contributed by atoms with Crippen LogP contribution >= 0.6 is 0 Å². The van der Waals surface area contributed by atoms with E-state index in [2.05, 4.69) is 15.3 Å². The highest BCUT2D eigenvalue weighted by molar-refractivity contribution is 6.02. The van der Waals surface area contributed by atoms with Crippen molar-refractivity contribution < 1.29 is 9.90 Å². The Hall–Kier alpha value is -2.66. The molecule has 0 bridgehead atoms. The number of hydrogen-bond donors (Lipinski definition) is 3. The van der Waals surface area contributed by atoms with Crippen LogP contribution in [0.4, 0.5) is 0 Å². The van der Waals surface area contributed by atoms with Gasteiger partial charge in [-0.3, -0.25) is 4.79 Å². The minimum atomic E-state index is -1.36. The van der Waals surface area contributed by atoms with Gasteiger partial charge in [-0.25, -0.2) is 4.98 Å². The molecule has 0 fully saturated rings. The third-order valence-electron chi connectivity index (χ3n) is 4.53. The normalized spacial score (nSPS) is 13.9. The molecule has 1 heterocycles. The summed E-state index contributed by atoms with van der Waals surface area (Å²) in [5.41, 5.74) is 0.263. The largest absolute Gasteiger partial charge is 0.378 e. The molecule has 0 aliphatic carbocycles. The Kier molecular flexibility index (Phi) is 4.11. The van der Waals surface area contributed by atoms with Crippen molar-refractivity contribution in [3.05, 3.63) is 65.7 Å². The molecule has 124 valence electrons. The van der Waals surface area contributed by atoms with Gasteiger partial charge in [-0.15, -0.1) is 0 Å². The molecule has 3 N–H and O–H groups in total. The van der Waals surface area contributed by atoms with Crippen molar-refractivity contribution in [3.63, 3.8) is 0 Å². The van der Waals surface area contributed by atoms with E-state index >= 15 is 0 Å². The van der Waals surface area contributed by atoms with Crippen LogP contribution in [0.3, 0.4) is 0 Å². The number of aliphatic hydroxyl groups is 1. The van der Waals surface area contributed by atoms with Crippen LogP contribution in [-0.4, -0.2) is 28.0 Å². The summed E-state index contributed by atoms with van der Waals surface area (Å²) in [7, 11) is 1.59. The molecule has 2 aromatic carbocycles. The predicted molar refractivity (Wildman–Crippen MR) is 93.8 cm³/mol. The van der Waals surface area contributed by atoms with E-state index in [1.54, 1.807) is 19.3 Å². The van der Waals surface area contributed by atoms with E-state index in [1.165, 1.54) is 6.33 Å². The third kappa shape index (κ3) is 2.37. The lowest BCUT2D eigenvalue weighted by molar-refractivity contribution is 0.0283. The topological polar surface area (TPSA) is 78.0 Å². The minimum Gasteiger partial charge on any atom is -0.378 e. The van der Waals surface area contributed by atoms with Crippen LogP contribution in [0.2, 0.25) is 0 Å². The Morgan fingerprint density at radius 1 is 1.25 bits per heavy atom. The van der Waals surface area contributed by atoms with Crippen molar-refractivity contribution >= 4 is 16.7 Å². The summed E-state index contributed by atoms with van der Waals surface area (Å²) in [6.45, 7) is 3.85. The van der Waals surface area contributed by atoms with Gasteiger partial charge >= 0.3 is 0 Å². The summed E-state index contributed by atoms with van der Waals surface area (Å²) in [4.78, 5) is 19.5. The summed E-state index contributed by atoms with van der Waals surface area (Å²) in [6.07, 6.45) is 3.14. The van der Waals surface area contributed by atoms with Crippen LogP contribution in [-0.2, 0) is 5.60 Å². The van der Waals surface area contributed by atoms with Crippen molar-refractivity contribution in [2.24, 2.45) is 5.92 Å². The number of benzene rings is 2. The quantitative estimate of drug-likeness (QED) is 0.691. The number of imidazole rings is 1. The molecule has 1 amide bonds. The second-order valence-electron chi connectivity index (χ2n) is 6.17. The fourth-order valence-corrected chi connectivity index (χ4v) is 3.20. The average molecular weight is 323 g/mol. The molecule has 3 rings (SSSR count). The zero-order chi connectivity index (χ0) is 17.3. The first-order chi connectivity index (χ1) is 11.5. The summed E-state index contributed by atoms with van der Waals surface area (Å²) < 4.78 is 0. The maximum absolute atomic E-state index is 12.5.